The Morgan fingerprint density at radius 1 is 1.38 bits per heavy atom. The molecule has 0 aliphatic heterocycles. The summed E-state index contributed by atoms with van der Waals surface area (Å²) in [5, 5.41) is 3.20. The lowest BCUT2D eigenvalue weighted by Crippen LogP contribution is -2.12. The van der Waals surface area contributed by atoms with E-state index in [4.69, 9.17) is 0 Å². The van der Waals surface area contributed by atoms with Gasteiger partial charge in [0.05, 0.1) is 6.54 Å². The molecular weight excluding hydrogens is 194 g/mol. The van der Waals surface area contributed by atoms with Gasteiger partial charge >= 0.3 is 0 Å². The fourth-order valence-corrected chi connectivity index (χ4v) is 1.95. The van der Waals surface area contributed by atoms with Gasteiger partial charge in [0.2, 0.25) is 0 Å². The van der Waals surface area contributed by atoms with Gasteiger partial charge in [-0.3, -0.25) is 0 Å². The van der Waals surface area contributed by atoms with E-state index in [2.05, 4.69) is 48.3 Å². The zero-order valence-electron chi connectivity index (χ0n) is 9.92. The minimum Gasteiger partial charge on any atom is -0.306 e. The normalized spacial score (nSPS) is 15.1. The molecule has 1 saturated carbocycles. The maximum Gasteiger partial charge on any atom is 0.0580 e. The third kappa shape index (κ3) is 2.87. The lowest BCUT2D eigenvalue weighted by Gasteiger charge is -2.25. The Balaban J connectivity index is 2.00. The molecule has 84 valence electrons. The highest BCUT2D eigenvalue weighted by Gasteiger charge is 2.18. The van der Waals surface area contributed by atoms with E-state index in [0.29, 0.717) is 0 Å². The summed E-state index contributed by atoms with van der Waals surface area (Å²) in [5.41, 5.74) is 2.63. The molecular formula is C15H19N. The number of benzene rings is 1. The topological polar surface area (TPSA) is 12.0 Å². The molecule has 1 nitrogen and oxygen atoms in total. The number of hydrogen-bond donors (Lipinski definition) is 1. The van der Waals surface area contributed by atoms with Crippen LogP contribution in [0.15, 0.2) is 24.3 Å². The van der Waals surface area contributed by atoms with Crippen molar-refractivity contribution in [1.82, 2.24) is 5.32 Å². The highest BCUT2D eigenvalue weighted by Crippen LogP contribution is 2.36. The van der Waals surface area contributed by atoms with Crippen molar-refractivity contribution in [3.8, 4) is 11.8 Å². The molecule has 1 aliphatic carbocycles. The average molecular weight is 213 g/mol. The van der Waals surface area contributed by atoms with Crippen LogP contribution in [-0.4, -0.2) is 13.1 Å². The van der Waals surface area contributed by atoms with E-state index in [-0.39, 0.29) is 0 Å². The van der Waals surface area contributed by atoms with E-state index in [1.165, 1.54) is 24.8 Å². The van der Waals surface area contributed by atoms with Crippen LogP contribution in [0.2, 0.25) is 0 Å². The molecule has 0 saturated heterocycles. The molecule has 0 heterocycles. The molecule has 2 rings (SSSR count). The molecule has 0 spiro atoms. The van der Waals surface area contributed by atoms with Crippen LogP contribution < -0.4 is 5.32 Å². The van der Waals surface area contributed by atoms with Gasteiger partial charge in [0.15, 0.2) is 0 Å². The number of nitrogens with one attached hydrogen (secondary N) is 1. The Labute approximate surface area is 98.3 Å². The van der Waals surface area contributed by atoms with Crippen LogP contribution in [0.1, 0.15) is 43.2 Å². The Morgan fingerprint density at radius 3 is 2.94 bits per heavy atom. The minimum absolute atomic E-state index is 0.782. The summed E-state index contributed by atoms with van der Waals surface area (Å²) in [6.45, 7) is 3.86. The van der Waals surface area contributed by atoms with Crippen LogP contribution in [0, 0.1) is 11.8 Å². The van der Waals surface area contributed by atoms with Crippen molar-refractivity contribution >= 4 is 0 Å². The fourth-order valence-electron chi connectivity index (χ4n) is 1.95. The monoisotopic (exact) mass is 213 g/mol. The molecule has 1 aliphatic rings. The summed E-state index contributed by atoms with van der Waals surface area (Å²) in [6, 6.07) is 8.72. The maximum atomic E-state index is 3.21. The van der Waals surface area contributed by atoms with Crippen molar-refractivity contribution in [2.24, 2.45) is 0 Å². The number of rotatable bonds is 3. The van der Waals surface area contributed by atoms with Crippen molar-refractivity contribution in [3.63, 3.8) is 0 Å². The van der Waals surface area contributed by atoms with E-state index in [1.54, 1.807) is 0 Å². The first-order chi connectivity index (χ1) is 7.90. The van der Waals surface area contributed by atoms with Gasteiger partial charge in [0.1, 0.15) is 0 Å². The van der Waals surface area contributed by atoms with Crippen molar-refractivity contribution < 1.29 is 0 Å². The Morgan fingerprint density at radius 2 is 2.25 bits per heavy atom. The van der Waals surface area contributed by atoms with Crippen molar-refractivity contribution in [2.45, 2.75) is 32.1 Å². The van der Waals surface area contributed by atoms with Crippen LogP contribution in [0.25, 0.3) is 0 Å². The summed E-state index contributed by atoms with van der Waals surface area (Å²) in [7, 11) is 0. The standard InChI is InChI=1S/C15H19N/c1-2-16-11-5-7-13-6-3-10-15(12-13)14-8-4-9-14/h3,6,10,12,14,16H,2,4,8-9,11H2,1H3. The second-order valence-corrected chi connectivity index (χ2v) is 4.34. The first-order valence-electron chi connectivity index (χ1n) is 6.19. The molecule has 0 bridgehead atoms. The first kappa shape index (κ1) is 11.2. The van der Waals surface area contributed by atoms with Crippen molar-refractivity contribution in [3.05, 3.63) is 35.4 Å². The van der Waals surface area contributed by atoms with E-state index in [1.807, 2.05) is 0 Å². The third-order valence-electron chi connectivity index (χ3n) is 3.16. The molecule has 16 heavy (non-hydrogen) atoms. The molecule has 0 amide bonds. The van der Waals surface area contributed by atoms with E-state index in [9.17, 15) is 0 Å². The van der Waals surface area contributed by atoms with Crippen LogP contribution in [0.4, 0.5) is 0 Å². The van der Waals surface area contributed by atoms with E-state index < -0.39 is 0 Å². The van der Waals surface area contributed by atoms with E-state index in [0.717, 1.165) is 24.6 Å². The van der Waals surface area contributed by atoms with Crippen molar-refractivity contribution in [2.75, 3.05) is 13.1 Å². The van der Waals surface area contributed by atoms with Gasteiger partial charge in [-0.15, -0.1) is 0 Å². The molecule has 1 fully saturated rings. The molecule has 1 aromatic carbocycles. The molecule has 0 unspecified atom stereocenters. The smallest absolute Gasteiger partial charge is 0.0580 e. The van der Waals surface area contributed by atoms with Gasteiger partial charge in [-0.1, -0.05) is 37.3 Å². The van der Waals surface area contributed by atoms with E-state index >= 15 is 0 Å². The Hall–Kier alpha value is -1.26. The maximum absolute atomic E-state index is 3.21. The Bertz CT molecular complexity index is 393. The quantitative estimate of drug-likeness (QED) is 0.601. The van der Waals surface area contributed by atoms with Crippen LogP contribution in [0.5, 0.6) is 0 Å². The molecule has 0 radical (unpaired) electrons. The molecule has 0 aromatic heterocycles. The fraction of sp³-hybridized carbons (Fsp3) is 0.467. The average Bonchev–Trinajstić information content (AvgIpc) is 2.23. The lowest BCUT2D eigenvalue weighted by molar-refractivity contribution is 0.420. The zero-order chi connectivity index (χ0) is 11.2. The summed E-state index contributed by atoms with van der Waals surface area (Å²) in [6.07, 6.45) is 4.10. The van der Waals surface area contributed by atoms with Crippen LogP contribution >= 0.6 is 0 Å². The Kier molecular flexibility index (Phi) is 4.02. The molecule has 1 heteroatoms. The highest BCUT2D eigenvalue weighted by molar-refractivity contribution is 5.38. The van der Waals surface area contributed by atoms with Crippen molar-refractivity contribution in [1.29, 1.82) is 0 Å². The van der Waals surface area contributed by atoms with Gasteiger partial charge in [-0.2, -0.15) is 0 Å². The molecule has 0 atom stereocenters. The summed E-state index contributed by atoms with van der Waals surface area (Å²) < 4.78 is 0. The SMILES string of the molecule is CCNCC#Cc1cccc(C2CCC2)c1. The first-order valence-corrected chi connectivity index (χ1v) is 6.19. The zero-order valence-corrected chi connectivity index (χ0v) is 9.92. The molecule has 1 N–H and O–H groups in total. The highest BCUT2D eigenvalue weighted by atomic mass is 14.8. The predicted molar refractivity (Wildman–Crippen MR) is 68.5 cm³/mol. The second kappa shape index (κ2) is 5.72. The minimum atomic E-state index is 0.782. The van der Waals surface area contributed by atoms with Gasteiger partial charge < -0.3 is 5.32 Å². The third-order valence-corrected chi connectivity index (χ3v) is 3.16. The predicted octanol–water partition coefficient (Wildman–Crippen LogP) is 2.92. The van der Waals surface area contributed by atoms with Gasteiger partial charge in [-0.25, -0.2) is 0 Å². The van der Waals surface area contributed by atoms with Gasteiger partial charge in [0, 0.05) is 5.56 Å². The van der Waals surface area contributed by atoms with Crippen LogP contribution in [0.3, 0.4) is 0 Å². The van der Waals surface area contributed by atoms with Gasteiger partial charge in [0.25, 0.3) is 0 Å². The lowest BCUT2D eigenvalue weighted by atomic mass is 9.80. The summed E-state index contributed by atoms with van der Waals surface area (Å²) >= 11 is 0. The largest absolute Gasteiger partial charge is 0.306 e. The summed E-state index contributed by atoms with van der Waals surface area (Å²) in [5.74, 6) is 7.16. The van der Waals surface area contributed by atoms with Gasteiger partial charge in [-0.05, 0) is 43.0 Å². The summed E-state index contributed by atoms with van der Waals surface area (Å²) in [4.78, 5) is 0. The van der Waals surface area contributed by atoms with Crippen LogP contribution in [-0.2, 0) is 0 Å². The second-order valence-electron chi connectivity index (χ2n) is 4.34. The number of hydrogen-bond acceptors (Lipinski definition) is 1. The molecule has 1 aromatic rings.